The largest absolute Gasteiger partial charge is 0.326 e. The van der Waals surface area contributed by atoms with Crippen molar-refractivity contribution in [2.45, 2.75) is 0 Å². The summed E-state index contributed by atoms with van der Waals surface area (Å²) in [6.45, 7) is 2.20. The third kappa shape index (κ3) is 1.80. The Bertz CT molecular complexity index is 186. The van der Waals surface area contributed by atoms with Crippen LogP contribution in [0.25, 0.3) is 0 Å². The summed E-state index contributed by atoms with van der Waals surface area (Å²) < 4.78 is 0. The van der Waals surface area contributed by atoms with Crippen LogP contribution in [0, 0.1) is 0 Å². The van der Waals surface area contributed by atoms with E-state index in [2.05, 4.69) is 30.9 Å². The summed E-state index contributed by atoms with van der Waals surface area (Å²) in [6, 6.07) is 10.4. The molecular weight excluding hydrogens is 141 g/mol. The molecule has 1 aromatic rings. The maximum atomic E-state index is 5.53. The average Bonchev–Trinajstić information content (AvgIpc) is 2.05. The van der Waals surface area contributed by atoms with Gasteiger partial charge in [-0.1, -0.05) is 38.3 Å². The second-order valence-electron chi connectivity index (χ2n) is 2.22. The fourth-order valence-corrected chi connectivity index (χ4v) is 1.68. The van der Waals surface area contributed by atoms with E-state index in [0.29, 0.717) is 0 Å². The van der Waals surface area contributed by atoms with Gasteiger partial charge in [0.1, 0.15) is 0 Å². The maximum Gasteiger partial charge on any atom is 0.0166 e. The van der Waals surface area contributed by atoms with Crippen LogP contribution in [-0.4, -0.2) is 13.0 Å². The quantitative estimate of drug-likeness (QED) is 0.637. The Hall–Kier alpha value is -0.390. The SMILES string of the molecule is CP(CN)c1ccccc1. The maximum absolute atomic E-state index is 5.53. The van der Waals surface area contributed by atoms with E-state index in [0.717, 1.165) is 6.29 Å². The molecule has 54 valence electrons. The summed E-state index contributed by atoms with van der Waals surface area (Å²) in [7, 11) is -0.0957. The van der Waals surface area contributed by atoms with E-state index in [9.17, 15) is 0 Å². The highest BCUT2D eigenvalue weighted by molar-refractivity contribution is 7.64. The summed E-state index contributed by atoms with van der Waals surface area (Å²) >= 11 is 0. The highest BCUT2D eigenvalue weighted by Gasteiger charge is 1.98. The van der Waals surface area contributed by atoms with Gasteiger partial charge in [-0.15, -0.1) is 0 Å². The number of rotatable bonds is 2. The smallest absolute Gasteiger partial charge is 0.0166 e. The lowest BCUT2D eigenvalue weighted by atomic mass is 10.4. The number of hydrogen-bond acceptors (Lipinski definition) is 1. The molecule has 0 fully saturated rings. The summed E-state index contributed by atoms with van der Waals surface area (Å²) in [4.78, 5) is 0. The van der Waals surface area contributed by atoms with E-state index in [1.165, 1.54) is 5.30 Å². The molecule has 1 rings (SSSR count). The van der Waals surface area contributed by atoms with E-state index in [-0.39, 0.29) is 7.92 Å². The minimum Gasteiger partial charge on any atom is -0.326 e. The minimum absolute atomic E-state index is 0.0957. The molecule has 0 saturated heterocycles. The van der Waals surface area contributed by atoms with Gasteiger partial charge >= 0.3 is 0 Å². The van der Waals surface area contributed by atoms with Crippen LogP contribution < -0.4 is 11.0 Å². The molecule has 0 saturated carbocycles. The first-order valence-electron chi connectivity index (χ1n) is 3.31. The van der Waals surface area contributed by atoms with Crippen molar-refractivity contribution < 1.29 is 0 Å². The summed E-state index contributed by atoms with van der Waals surface area (Å²) in [5, 5.41) is 1.39. The second-order valence-corrected chi connectivity index (χ2v) is 4.49. The molecule has 1 unspecified atom stereocenters. The fourth-order valence-electron chi connectivity index (χ4n) is 0.788. The van der Waals surface area contributed by atoms with Crippen LogP contribution in [0.5, 0.6) is 0 Å². The number of hydrogen-bond donors (Lipinski definition) is 1. The number of nitrogens with two attached hydrogens (primary N) is 1. The highest BCUT2D eigenvalue weighted by Crippen LogP contribution is 2.25. The standard InChI is InChI=1S/C8H12NP/c1-10(7-9)8-5-3-2-4-6-8/h2-6H,7,9H2,1H3. The van der Waals surface area contributed by atoms with E-state index in [1.54, 1.807) is 0 Å². The second kappa shape index (κ2) is 3.70. The lowest BCUT2D eigenvalue weighted by molar-refractivity contribution is 1.38. The average molecular weight is 153 g/mol. The van der Waals surface area contributed by atoms with Crippen LogP contribution >= 0.6 is 7.92 Å². The monoisotopic (exact) mass is 153 g/mol. The molecule has 1 aromatic carbocycles. The molecule has 1 atom stereocenters. The molecule has 0 bridgehead atoms. The summed E-state index contributed by atoms with van der Waals surface area (Å²) in [5.41, 5.74) is 5.53. The molecule has 2 N–H and O–H groups in total. The zero-order valence-corrected chi connectivity index (χ0v) is 7.01. The van der Waals surface area contributed by atoms with E-state index >= 15 is 0 Å². The lowest BCUT2D eigenvalue weighted by Crippen LogP contribution is -2.06. The first-order chi connectivity index (χ1) is 4.84. The van der Waals surface area contributed by atoms with Crippen LogP contribution in [0.2, 0.25) is 0 Å². The van der Waals surface area contributed by atoms with Gasteiger partial charge in [0.25, 0.3) is 0 Å². The highest BCUT2D eigenvalue weighted by atomic mass is 31.1. The van der Waals surface area contributed by atoms with Crippen molar-refractivity contribution in [1.82, 2.24) is 0 Å². The van der Waals surface area contributed by atoms with Crippen LogP contribution in [0.1, 0.15) is 0 Å². The predicted molar refractivity (Wildman–Crippen MR) is 48.0 cm³/mol. The fraction of sp³-hybridized carbons (Fsp3) is 0.250. The van der Waals surface area contributed by atoms with Gasteiger partial charge in [-0.3, -0.25) is 0 Å². The summed E-state index contributed by atoms with van der Waals surface area (Å²) in [6.07, 6.45) is 0.791. The zero-order valence-electron chi connectivity index (χ0n) is 6.12. The predicted octanol–water partition coefficient (Wildman–Crippen LogP) is 1.34. The molecule has 10 heavy (non-hydrogen) atoms. The third-order valence-electron chi connectivity index (χ3n) is 1.47. The Labute approximate surface area is 63.0 Å². The third-order valence-corrected chi connectivity index (χ3v) is 3.20. The van der Waals surface area contributed by atoms with E-state index in [1.807, 2.05) is 6.07 Å². The normalized spacial score (nSPS) is 13.0. The zero-order chi connectivity index (χ0) is 7.40. The molecular formula is C8H12NP. The van der Waals surface area contributed by atoms with Crippen molar-refractivity contribution in [1.29, 1.82) is 0 Å². The molecule has 0 spiro atoms. The van der Waals surface area contributed by atoms with Crippen LogP contribution in [0.3, 0.4) is 0 Å². The van der Waals surface area contributed by atoms with Crippen LogP contribution in [-0.2, 0) is 0 Å². The van der Waals surface area contributed by atoms with Crippen molar-refractivity contribution >= 4 is 13.2 Å². The molecule has 0 amide bonds. The van der Waals surface area contributed by atoms with Crippen molar-refractivity contribution in [2.75, 3.05) is 13.0 Å². The van der Waals surface area contributed by atoms with Gasteiger partial charge in [0.15, 0.2) is 0 Å². The Balaban J connectivity index is 2.75. The number of benzene rings is 1. The van der Waals surface area contributed by atoms with Gasteiger partial charge in [-0.25, -0.2) is 0 Å². The van der Waals surface area contributed by atoms with Crippen molar-refractivity contribution in [3.63, 3.8) is 0 Å². The van der Waals surface area contributed by atoms with E-state index < -0.39 is 0 Å². The van der Waals surface area contributed by atoms with E-state index in [4.69, 9.17) is 5.73 Å². The van der Waals surface area contributed by atoms with Crippen molar-refractivity contribution in [3.8, 4) is 0 Å². The molecule has 0 heterocycles. The van der Waals surface area contributed by atoms with Crippen molar-refractivity contribution in [3.05, 3.63) is 30.3 Å². The minimum atomic E-state index is -0.0957. The first-order valence-corrected chi connectivity index (χ1v) is 5.28. The lowest BCUT2D eigenvalue weighted by Gasteiger charge is -2.07. The Kier molecular flexibility index (Phi) is 2.85. The molecule has 0 aliphatic heterocycles. The van der Waals surface area contributed by atoms with Crippen LogP contribution in [0.15, 0.2) is 30.3 Å². The Morgan fingerprint density at radius 2 is 1.90 bits per heavy atom. The molecule has 0 aromatic heterocycles. The molecule has 0 radical (unpaired) electrons. The molecule has 0 aliphatic carbocycles. The first kappa shape index (κ1) is 7.71. The van der Waals surface area contributed by atoms with Crippen LogP contribution in [0.4, 0.5) is 0 Å². The van der Waals surface area contributed by atoms with Gasteiger partial charge in [0.05, 0.1) is 0 Å². The van der Waals surface area contributed by atoms with Gasteiger partial charge in [0, 0.05) is 6.29 Å². The molecule has 1 nitrogen and oxygen atoms in total. The van der Waals surface area contributed by atoms with Gasteiger partial charge in [0.2, 0.25) is 0 Å². The van der Waals surface area contributed by atoms with Gasteiger partial charge in [-0.2, -0.15) is 0 Å². The Morgan fingerprint density at radius 1 is 1.30 bits per heavy atom. The Morgan fingerprint density at radius 3 is 2.40 bits per heavy atom. The molecule has 2 heteroatoms. The van der Waals surface area contributed by atoms with Gasteiger partial charge < -0.3 is 5.73 Å². The van der Waals surface area contributed by atoms with Gasteiger partial charge in [-0.05, 0) is 12.0 Å². The molecule has 0 aliphatic rings. The topological polar surface area (TPSA) is 26.0 Å². The van der Waals surface area contributed by atoms with Crippen molar-refractivity contribution in [2.24, 2.45) is 5.73 Å². The summed E-state index contributed by atoms with van der Waals surface area (Å²) in [5.74, 6) is 0.